The molecule has 3 rings (SSSR count). The van der Waals surface area contributed by atoms with Gasteiger partial charge in [-0.05, 0) is 69.3 Å². The van der Waals surface area contributed by atoms with E-state index in [0.717, 1.165) is 24.3 Å². The Morgan fingerprint density at radius 2 is 1.71 bits per heavy atom. The number of halogens is 1. The normalized spacial score (nSPS) is 12.0. The lowest BCUT2D eigenvalue weighted by molar-refractivity contribution is 0.0993. The minimum Gasteiger partial charge on any atom is -0.411 e. The molecule has 0 amide bonds. The molecule has 0 fully saturated rings. The quantitative estimate of drug-likeness (QED) is 0.352. The Kier molecular flexibility index (Phi) is 6.75. The van der Waals surface area contributed by atoms with Crippen LogP contribution in [0.2, 0.25) is 5.02 Å². The molecule has 5 nitrogen and oxygen atoms in total. The highest BCUT2D eigenvalue weighted by Gasteiger charge is 2.20. The second-order valence-electron chi connectivity index (χ2n) is 6.22. The van der Waals surface area contributed by atoms with E-state index >= 15 is 0 Å². The number of hydrogen-bond acceptors (Lipinski definition) is 6. The molecule has 3 aromatic rings. The molecule has 0 aliphatic carbocycles. The molecule has 28 heavy (non-hydrogen) atoms. The van der Waals surface area contributed by atoms with Gasteiger partial charge in [0.1, 0.15) is 0 Å². The first kappa shape index (κ1) is 20.4. The second-order valence-corrected chi connectivity index (χ2v) is 7.95. The molecule has 2 aromatic carbocycles. The summed E-state index contributed by atoms with van der Waals surface area (Å²) < 4.78 is 5.75. The van der Waals surface area contributed by atoms with Crippen LogP contribution in [0.15, 0.2) is 58.2 Å². The third kappa shape index (κ3) is 4.75. The van der Waals surface area contributed by atoms with Crippen LogP contribution in [-0.4, -0.2) is 34.3 Å². The monoisotopic (exact) mass is 415 g/mol. The first-order valence-electron chi connectivity index (χ1n) is 9.17. The van der Waals surface area contributed by atoms with Gasteiger partial charge in [-0.2, -0.15) is 0 Å². The van der Waals surface area contributed by atoms with Crippen LogP contribution >= 0.6 is 23.4 Å². The van der Waals surface area contributed by atoms with Gasteiger partial charge >= 0.3 is 0 Å². The van der Waals surface area contributed by atoms with Crippen LogP contribution < -0.4 is 4.90 Å². The van der Waals surface area contributed by atoms with E-state index in [-0.39, 0.29) is 11.0 Å². The molecule has 146 valence electrons. The van der Waals surface area contributed by atoms with Crippen molar-refractivity contribution in [1.29, 1.82) is 0 Å². The summed E-state index contributed by atoms with van der Waals surface area (Å²) in [4.78, 5) is 14.8. The van der Waals surface area contributed by atoms with Crippen LogP contribution in [0.4, 0.5) is 5.69 Å². The first-order valence-corrected chi connectivity index (χ1v) is 10.4. The van der Waals surface area contributed by atoms with Crippen molar-refractivity contribution in [2.24, 2.45) is 0 Å². The van der Waals surface area contributed by atoms with Gasteiger partial charge in [0.15, 0.2) is 5.78 Å². The van der Waals surface area contributed by atoms with Crippen LogP contribution in [0.25, 0.3) is 11.5 Å². The lowest BCUT2D eigenvalue weighted by Gasteiger charge is -2.20. The van der Waals surface area contributed by atoms with Crippen molar-refractivity contribution in [3.63, 3.8) is 0 Å². The van der Waals surface area contributed by atoms with Gasteiger partial charge in [0.25, 0.3) is 5.22 Å². The zero-order chi connectivity index (χ0) is 20.1. The van der Waals surface area contributed by atoms with E-state index in [9.17, 15) is 4.79 Å². The number of anilines is 1. The molecular weight excluding hydrogens is 394 g/mol. The number of thioether (sulfide) groups is 1. The molecular formula is C21H22ClN3O2S. The zero-order valence-electron chi connectivity index (χ0n) is 16.1. The Labute approximate surface area is 174 Å². The fourth-order valence-electron chi connectivity index (χ4n) is 2.83. The fourth-order valence-corrected chi connectivity index (χ4v) is 3.72. The van der Waals surface area contributed by atoms with Gasteiger partial charge in [0.2, 0.25) is 5.89 Å². The smallest absolute Gasteiger partial charge is 0.277 e. The summed E-state index contributed by atoms with van der Waals surface area (Å²) in [6, 6.07) is 14.9. The van der Waals surface area contributed by atoms with Crippen molar-refractivity contribution in [2.45, 2.75) is 31.2 Å². The average molecular weight is 416 g/mol. The van der Waals surface area contributed by atoms with E-state index in [0.29, 0.717) is 21.7 Å². The minimum atomic E-state index is -0.348. The van der Waals surface area contributed by atoms with E-state index < -0.39 is 0 Å². The van der Waals surface area contributed by atoms with Gasteiger partial charge in [-0.1, -0.05) is 23.4 Å². The summed E-state index contributed by atoms with van der Waals surface area (Å²) in [6.07, 6.45) is 0. The highest BCUT2D eigenvalue weighted by atomic mass is 35.5. The van der Waals surface area contributed by atoms with E-state index in [1.165, 1.54) is 11.8 Å². The third-order valence-corrected chi connectivity index (χ3v) is 5.61. The molecule has 0 spiro atoms. The van der Waals surface area contributed by atoms with Gasteiger partial charge in [0, 0.05) is 34.9 Å². The number of benzene rings is 2. The molecule has 0 bridgehead atoms. The molecule has 0 saturated carbocycles. The Balaban J connectivity index is 1.68. The third-order valence-electron chi connectivity index (χ3n) is 4.42. The summed E-state index contributed by atoms with van der Waals surface area (Å²) in [5, 5.41) is 8.82. The van der Waals surface area contributed by atoms with Crippen LogP contribution in [0.5, 0.6) is 0 Å². The van der Waals surface area contributed by atoms with Crippen LogP contribution in [0.3, 0.4) is 0 Å². The Morgan fingerprint density at radius 3 is 2.32 bits per heavy atom. The van der Waals surface area contributed by atoms with Crippen LogP contribution in [0, 0.1) is 0 Å². The topological polar surface area (TPSA) is 59.2 Å². The van der Waals surface area contributed by atoms with E-state index in [1.807, 2.05) is 31.2 Å². The predicted octanol–water partition coefficient (Wildman–Crippen LogP) is 5.60. The maximum absolute atomic E-state index is 12.5. The van der Waals surface area contributed by atoms with Crippen molar-refractivity contribution in [1.82, 2.24) is 10.2 Å². The second kappa shape index (κ2) is 9.26. The number of carbonyl (C=O) groups is 1. The number of aromatic nitrogens is 2. The van der Waals surface area contributed by atoms with E-state index in [1.54, 1.807) is 24.3 Å². The lowest BCUT2D eigenvalue weighted by Crippen LogP contribution is -2.21. The number of Topliss-reactive ketones (excluding diaryl/α,β-unsaturated/α-hetero) is 1. The van der Waals surface area contributed by atoms with Gasteiger partial charge in [-0.15, -0.1) is 10.2 Å². The molecule has 0 radical (unpaired) electrons. The van der Waals surface area contributed by atoms with E-state index in [2.05, 4.69) is 28.9 Å². The van der Waals surface area contributed by atoms with Gasteiger partial charge in [-0.3, -0.25) is 4.79 Å². The molecule has 0 aliphatic rings. The van der Waals surface area contributed by atoms with Crippen molar-refractivity contribution < 1.29 is 9.21 Å². The lowest BCUT2D eigenvalue weighted by atomic mass is 10.1. The van der Waals surface area contributed by atoms with Gasteiger partial charge in [0.05, 0.1) is 5.25 Å². The first-order chi connectivity index (χ1) is 13.5. The molecule has 0 saturated heterocycles. The highest BCUT2D eigenvalue weighted by molar-refractivity contribution is 8.00. The summed E-state index contributed by atoms with van der Waals surface area (Å²) in [5.41, 5.74) is 2.62. The van der Waals surface area contributed by atoms with Crippen LogP contribution in [0.1, 0.15) is 31.1 Å². The molecule has 1 atom stereocenters. The molecule has 7 heteroatoms. The number of nitrogens with zero attached hydrogens (tertiary/aromatic N) is 3. The standard InChI is InChI=1S/C21H22ClN3O2S/c1-4-25(5-2)18-12-8-16(9-13-18)20-23-24-21(27-20)28-14(3)19(26)15-6-10-17(22)11-7-15/h6-14H,4-5H2,1-3H3/t14-/m0/s1. The largest absolute Gasteiger partial charge is 0.411 e. The minimum absolute atomic E-state index is 0.00927. The number of ketones is 1. The average Bonchev–Trinajstić information content (AvgIpc) is 3.18. The van der Waals surface area contributed by atoms with Crippen molar-refractivity contribution in [2.75, 3.05) is 18.0 Å². The molecule has 0 N–H and O–H groups in total. The van der Waals surface area contributed by atoms with E-state index in [4.69, 9.17) is 16.0 Å². The Hall–Kier alpha value is -2.31. The van der Waals surface area contributed by atoms with Gasteiger partial charge < -0.3 is 9.32 Å². The summed E-state index contributed by atoms with van der Waals surface area (Å²) in [7, 11) is 0. The van der Waals surface area contributed by atoms with Crippen molar-refractivity contribution in [3.05, 3.63) is 59.1 Å². The highest BCUT2D eigenvalue weighted by Crippen LogP contribution is 2.29. The molecule has 1 heterocycles. The molecule has 0 aliphatic heterocycles. The number of hydrogen-bond donors (Lipinski definition) is 0. The van der Waals surface area contributed by atoms with Crippen molar-refractivity contribution >= 4 is 34.8 Å². The maximum Gasteiger partial charge on any atom is 0.277 e. The summed E-state index contributed by atoms with van der Waals surface area (Å²) in [6.45, 7) is 7.99. The fraction of sp³-hybridized carbons (Fsp3) is 0.286. The number of rotatable bonds is 8. The molecule has 0 unspecified atom stereocenters. The number of carbonyl (C=O) groups excluding carboxylic acids is 1. The SMILES string of the molecule is CCN(CC)c1ccc(-c2nnc(S[C@@H](C)C(=O)c3ccc(Cl)cc3)o2)cc1. The van der Waals surface area contributed by atoms with Crippen LogP contribution in [-0.2, 0) is 0 Å². The van der Waals surface area contributed by atoms with Crippen molar-refractivity contribution in [3.8, 4) is 11.5 Å². The van der Waals surface area contributed by atoms with Gasteiger partial charge in [-0.25, -0.2) is 0 Å². The maximum atomic E-state index is 12.5. The Bertz CT molecular complexity index is 922. The molecule has 1 aromatic heterocycles. The Morgan fingerprint density at radius 1 is 1.07 bits per heavy atom. The summed E-state index contributed by atoms with van der Waals surface area (Å²) >= 11 is 7.13. The zero-order valence-corrected chi connectivity index (χ0v) is 17.6. The predicted molar refractivity (Wildman–Crippen MR) is 114 cm³/mol. The summed E-state index contributed by atoms with van der Waals surface area (Å²) in [5.74, 6) is 0.435.